The molecule has 1 heterocycles. The molecule has 0 saturated carbocycles. The molecule has 2 amide bonds. The zero-order valence-electron chi connectivity index (χ0n) is 19.5. The van der Waals surface area contributed by atoms with E-state index in [0.29, 0.717) is 68.2 Å². The number of carbonyl (C=O) groups excluding carboxylic acids is 2. The standard InChI is InChI=1S/C23H34N6O5/c1-2-18-20(21(24)28-23(25)27-18)34-15-7-14-33-17-11-9-16(10-12-17)22(31)26-13-6-4-3-5-8-19(30)29-32/h9-12,32H,2-8,13-15H2,1H3,(H,26,31)(H,29,30)(H4,24,25,27,28). The molecule has 0 aliphatic heterocycles. The molecule has 34 heavy (non-hydrogen) atoms. The van der Waals surface area contributed by atoms with E-state index in [1.165, 1.54) is 0 Å². The summed E-state index contributed by atoms with van der Waals surface area (Å²) < 4.78 is 11.4. The Kier molecular flexibility index (Phi) is 11.4. The number of aryl methyl sites for hydroxylation is 1. The number of aromatic nitrogens is 2. The summed E-state index contributed by atoms with van der Waals surface area (Å²) in [4.78, 5) is 31.2. The van der Waals surface area contributed by atoms with Crippen molar-refractivity contribution in [2.24, 2.45) is 0 Å². The summed E-state index contributed by atoms with van der Waals surface area (Å²) in [5.41, 5.74) is 14.3. The molecule has 186 valence electrons. The van der Waals surface area contributed by atoms with Gasteiger partial charge in [0.2, 0.25) is 11.9 Å². The quantitative estimate of drug-likeness (QED) is 0.147. The number of rotatable bonds is 15. The Labute approximate surface area is 199 Å². The van der Waals surface area contributed by atoms with Crippen LogP contribution in [0.2, 0.25) is 0 Å². The average molecular weight is 475 g/mol. The first-order chi connectivity index (χ1) is 16.4. The molecule has 7 N–H and O–H groups in total. The van der Waals surface area contributed by atoms with Crippen molar-refractivity contribution in [2.45, 2.75) is 51.9 Å². The van der Waals surface area contributed by atoms with Crippen molar-refractivity contribution >= 4 is 23.6 Å². The van der Waals surface area contributed by atoms with Gasteiger partial charge in [0, 0.05) is 24.9 Å². The first kappa shape index (κ1) is 26.7. The SMILES string of the molecule is CCc1nc(N)nc(N)c1OCCCOc1ccc(C(=O)NCCCCCCC(=O)NO)cc1. The van der Waals surface area contributed by atoms with E-state index in [1.54, 1.807) is 29.7 Å². The van der Waals surface area contributed by atoms with Crippen LogP contribution in [0.4, 0.5) is 11.8 Å². The highest BCUT2D eigenvalue weighted by Gasteiger charge is 2.11. The van der Waals surface area contributed by atoms with Gasteiger partial charge < -0.3 is 26.3 Å². The van der Waals surface area contributed by atoms with Crippen LogP contribution in [0.15, 0.2) is 24.3 Å². The van der Waals surface area contributed by atoms with Crippen LogP contribution in [0.25, 0.3) is 0 Å². The average Bonchev–Trinajstić information content (AvgIpc) is 2.84. The summed E-state index contributed by atoms with van der Waals surface area (Å²) in [6.07, 6.45) is 4.85. The molecule has 0 bridgehead atoms. The molecule has 1 aromatic carbocycles. The fraction of sp³-hybridized carbons (Fsp3) is 0.478. The molecule has 0 radical (unpaired) electrons. The number of benzene rings is 1. The number of hydroxylamine groups is 1. The topological polar surface area (TPSA) is 175 Å². The minimum Gasteiger partial charge on any atom is -0.493 e. The highest BCUT2D eigenvalue weighted by atomic mass is 16.5. The van der Waals surface area contributed by atoms with Crippen molar-refractivity contribution in [1.82, 2.24) is 20.8 Å². The third-order valence-electron chi connectivity index (χ3n) is 4.98. The third-order valence-corrected chi connectivity index (χ3v) is 4.98. The van der Waals surface area contributed by atoms with Crippen molar-refractivity contribution in [1.29, 1.82) is 0 Å². The van der Waals surface area contributed by atoms with Crippen LogP contribution < -0.4 is 31.7 Å². The molecule has 1 aromatic heterocycles. The number of unbranched alkanes of at least 4 members (excludes halogenated alkanes) is 3. The molecule has 11 heteroatoms. The van der Waals surface area contributed by atoms with E-state index < -0.39 is 0 Å². The van der Waals surface area contributed by atoms with E-state index >= 15 is 0 Å². The van der Waals surface area contributed by atoms with E-state index in [0.717, 1.165) is 19.3 Å². The third kappa shape index (κ3) is 9.10. The van der Waals surface area contributed by atoms with Gasteiger partial charge in [0.05, 0.1) is 18.9 Å². The second-order valence-corrected chi connectivity index (χ2v) is 7.63. The smallest absolute Gasteiger partial charge is 0.251 e. The highest BCUT2D eigenvalue weighted by molar-refractivity contribution is 5.94. The zero-order valence-corrected chi connectivity index (χ0v) is 19.5. The number of ether oxygens (including phenoxy) is 2. The van der Waals surface area contributed by atoms with Crippen molar-refractivity contribution in [3.63, 3.8) is 0 Å². The molecule has 0 saturated heterocycles. The Hall–Kier alpha value is -3.60. The van der Waals surface area contributed by atoms with Gasteiger partial charge in [0.1, 0.15) is 5.75 Å². The molecule has 0 spiro atoms. The number of nitrogens with two attached hydrogens (primary N) is 2. The molecule has 2 aromatic rings. The molecule has 0 atom stereocenters. The van der Waals surface area contributed by atoms with Crippen LogP contribution in [0.3, 0.4) is 0 Å². The van der Waals surface area contributed by atoms with Gasteiger partial charge in [-0.15, -0.1) is 0 Å². The number of anilines is 2. The Bertz CT molecular complexity index is 923. The van der Waals surface area contributed by atoms with Crippen molar-refractivity contribution < 1.29 is 24.3 Å². The van der Waals surface area contributed by atoms with Crippen molar-refractivity contribution in [2.75, 3.05) is 31.2 Å². The molecule has 0 aliphatic carbocycles. The first-order valence-electron chi connectivity index (χ1n) is 11.4. The second-order valence-electron chi connectivity index (χ2n) is 7.63. The lowest BCUT2D eigenvalue weighted by Gasteiger charge is -2.12. The van der Waals surface area contributed by atoms with Crippen LogP contribution in [-0.4, -0.2) is 46.7 Å². The van der Waals surface area contributed by atoms with Gasteiger partial charge in [0.15, 0.2) is 11.6 Å². The Morgan fingerprint density at radius 1 is 0.971 bits per heavy atom. The molecule has 0 unspecified atom stereocenters. The van der Waals surface area contributed by atoms with Crippen LogP contribution >= 0.6 is 0 Å². The van der Waals surface area contributed by atoms with Crippen LogP contribution in [0.5, 0.6) is 11.5 Å². The van der Waals surface area contributed by atoms with Crippen LogP contribution in [-0.2, 0) is 11.2 Å². The summed E-state index contributed by atoms with van der Waals surface area (Å²) in [6.45, 7) is 3.32. The lowest BCUT2D eigenvalue weighted by atomic mass is 10.1. The zero-order chi connectivity index (χ0) is 24.8. The fourth-order valence-corrected chi connectivity index (χ4v) is 3.18. The van der Waals surface area contributed by atoms with E-state index in [2.05, 4.69) is 15.3 Å². The van der Waals surface area contributed by atoms with Gasteiger partial charge >= 0.3 is 0 Å². The number of nitrogens with one attached hydrogen (secondary N) is 2. The van der Waals surface area contributed by atoms with Crippen molar-refractivity contribution in [3.05, 3.63) is 35.5 Å². The Balaban J connectivity index is 1.62. The first-order valence-corrected chi connectivity index (χ1v) is 11.4. The van der Waals surface area contributed by atoms with E-state index in [1.807, 2.05) is 6.92 Å². The van der Waals surface area contributed by atoms with Crippen LogP contribution in [0, 0.1) is 0 Å². The summed E-state index contributed by atoms with van der Waals surface area (Å²) in [5, 5.41) is 11.3. The summed E-state index contributed by atoms with van der Waals surface area (Å²) in [6, 6.07) is 6.94. The number of carbonyl (C=O) groups is 2. The summed E-state index contributed by atoms with van der Waals surface area (Å²) in [5.74, 6) is 0.956. The molecular weight excluding hydrogens is 440 g/mol. The number of nitrogen functional groups attached to an aromatic ring is 2. The number of amides is 2. The van der Waals surface area contributed by atoms with E-state index in [-0.39, 0.29) is 23.6 Å². The van der Waals surface area contributed by atoms with E-state index in [4.69, 9.17) is 26.1 Å². The van der Waals surface area contributed by atoms with Gasteiger partial charge in [-0.1, -0.05) is 19.8 Å². The van der Waals surface area contributed by atoms with Crippen LogP contribution in [0.1, 0.15) is 61.5 Å². The largest absolute Gasteiger partial charge is 0.493 e. The molecule has 0 aliphatic rings. The van der Waals surface area contributed by atoms with E-state index in [9.17, 15) is 9.59 Å². The number of nitrogens with zero attached hydrogens (tertiary/aromatic N) is 2. The van der Waals surface area contributed by atoms with Gasteiger partial charge in [-0.25, -0.2) is 10.5 Å². The van der Waals surface area contributed by atoms with Gasteiger partial charge in [-0.3, -0.25) is 14.8 Å². The lowest BCUT2D eigenvalue weighted by molar-refractivity contribution is -0.129. The van der Waals surface area contributed by atoms with Gasteiger partial charge in [0.25, 0.3) is 5.91 Å². The highest BCUT2D eigenvalue weighted by Crippen LogP contribution is 2.24. The molecule has 11 nitrogen and oxygen atoms in total. The maximum Gasteiger partial charge on any atom is 0.251 e. The molecule has 2 rings (SSSR count). The normalized spacial score (nSPS) is 10.5. The molecule has 0 fully saturated rings. The monoisotopic (exact) mass is 474 g/mol. The number of hydrogen-bond donors (Lipinski definition) is 5. The second kappa shape index (κ2) is 14.5. The van der Waals surface area contributed by atoms with Gasteiger partial charge in [-0.05, 0) is 43.5 Å². The molecular formula is C23H34N6O5. The maximum absolute atomic E-state index is 12.2. The minimum absolute atomic E-state index is 0.129. The maximum atomic E-state index is 12.2. The van der Waals surface area contributed by atoms with Gasteiger partial charge in [-0.2, -0.15) is 4.98 Å². The Morgan fingerprint density at radius 3 is 2.38 bits per heavy atom. The predicted octanol–water partition coefficient (Wildman–Crippen LogP) is 2.24. The van der Waals surface area contributed by atoms with Crippen molar-refractivity contribution in [3.8, 4) is 11.5 Å². The summed E-state index contributed by atoms with van der Waals surface area (Å²) >= 11 is 0. The fourth-order valence-electron chi connectivity index (χ4n) is 3.18. The summed E-state index contributed by atoms with van der Waals surface area (Å²) in [7, 11) is 0. The number of hydrogen-bond acceptors (Lipinski definition) is 9. The predicted molar refractivity (Wildman–Crippen MR) is 128 cm³/mol. The lowest BCUT2D eigenvalue weighted by Crippen LogP contribution is -2.24. The Morgan fingerprint density at radius 2 is 1.68 bits per heavy atom. The minimum atomic E-state index is -0.377.